The molecule has 0 atom stereocenters. The zero-order valence-electron chi connectivity index (χ0n) is 12.2. The highest BCUT2D eigenvalue weighted by atomic mass is 35.5. The highest BCUT2D eigenvalue weighted by Gasteiger charge is 2.19. The Bertz CT molecular complexity index is 808. The van der Waals surface area contributed by atoms with Gasteiger partial charge in [-0.2, -0.15) is 4.98 Å². The number of aliphatic imine (C=N–C) groups is 1. The summed E-state index contributed by atoms with van der Waals surface area (Å²) in [6.45, 7) is 2.80. The van der Waals surface area contributed by atoms with Crippen LogP contribution in [0.1, 0.15) is 11.3 Å². The van der Waals surface area contributed by atoms with Gasteiger partial charge in [0.25, 0.3) is 0 Å². The first kappa shape index (κ1) is 14.2. The monoisotopic (exact) mass is 331 g/mol. The first-order valence-corrected chi connectivity index (χ1v) is 7.62. The van der Waals surface area contributed by atoms with Crippen molar-refractivity contribution >= 4 is 41.2 Å². The summed E-state index contributed by atoms with van der Waals surface area (Å²) in [7, 11) is 0. The molecule has 0 saturated carbocycles. The molecule has 1 saturated heterocycles. The van der Waals surface area contributed by atoms with Crippen molar-refractivity contribution in [3.05, 3.63) is 28.5 Å². The summed E-state index contributed by atoms with van der Waals surface area (Å²) in [5, 5.41) is 10.6. The van der Waals surface area contributed by atoms with Gasteiger partial charge in [0.2, 0.25) is 11.8 Å². The smallest absolute Gasteiger partial charge is 0.238 e. The molecular weight excluding hydrogens is 318 g/mol. The lowest BCUT2D eigenvalue weighted by atomic mass is 10.1. The van der Waals surface area contributed by atoms with E-state index in [1.54, 1.807) is 24.6 Å². The molecule has 0 radical (unpaired) electrons. The largest absolute Gasteiger partial charge is 0.492 e. The van der Waals surface area contributed by atoms with E-state index in [2.05, 4.69) is 19.9 Å². The van der Waals surface area contributed by atoms with Crippen molar-refractivity contribution in [2.45, 2.75) is 0 Å². The number of hydrogen-bond acceptors (Lipinski definition) is 6. The second-order valence-electron chi connectivity index (χ2n) is 5.28. The van der Waals surface area contributed by atoms with E-state index in [0.717, 1.165) is 24.2 Å². The van der Waals surface area contributed by atoms with Crippen molar-refractivity contribution in [2.24, 2.45) is 4.99 Å². The molecule has 1 fully saturated rings. The number of rotatable bonds is 2. The Labute approximate surface area is 137 Å². The maximum absolute atomic E-state index is 10.1. The number of H-pyrrole nitrogens is 1. The van der Waals surface area contributed by atoms with Crippen LogP contribution in [-0.4, -0.2) is 52.6 Å². The molecule has 0 aromatic carbocycles. The van der Waals surface area contributed by atoms with Gasteiger partial charge in [-0.05, 0) is 12.1 Å². The number of pyridine rings is 1. The average Bonchev–Trinajstić information content (AvgIpc) is 3.13. The van der Waals surface area contributed by atoms with Crippen LogP contribution >= 0.6 is 11.6 Å². The van der Waals surface area contributed by atoms with Crippen molar-refractivity contribution in [2.75, 3.05) is 31.2 Å². The van der Waals surface area contributed by atoms with Gasteiger partial charge in [-0.25, -0.2) is 9.98 Å². The van der Waals surface area contributed by atoms with E-state index in [-0.39, 0.29) is 5.88 Å². The maximum atomic E-state index is 10.1. The second-order valence-corrected chi connectivity index (χ2v) is 5.72. The standard InChI is InChI=1S/C15H14ClN5O2/c16-10-6-11-9(7-17-13(11)18-8-10)5-12-14(22)20-15(19-12)21-1-3-23-4-2-21/h5-8,22H,1-4H2,(H,19,20)/b9-5-. The number of hydrogen-bond donors (Lipinski definition) is 2. The quantitative estimate of drug-likeness (QED) is 0.881. The number of halogens is 1. The minimum atomic E-state index is -0.0455. The number of allylic oxidation sites excluding steroid dienone is 1. The number of aromatic hydroxyl groups is 1. The normalized spacial score (nSPS) is 18.7. The van der Waals surface area contributed by atoms with Gasteiger partial charge >= 0.3 is 0 Å². The van der Waals surface area contributed by atoms with Crippen molar-refractivity contribution in [3.8, 4) is 5.88 Å². The highest BCUT2D eigenvalue weighted by Crippen LogP contribution is 2.33. The summed E-state index contributed by atoms with van der Waals surface area (Å²) in [6.07, 6.45) is 5.05. The number of nitrogens with one attached hydrogen (secondary N) is 1. The maximum Gasteiger partial charge on any atom is 0.238 e. The lowest BCUT2D eigenvalue weighted by Gasteiger charge is -2.25. The molecule has 118 valence electrons. The summed E-state index contributed by atoms with van der Waals surface area (Å²) >= 11 is 6.00. The summed E-state index contributed by atoms with van der Waals surface area (Å²) in [5.41, 5.74) is 2.18. The summed E-state index contributed by atoms with van der Waals surface area (Å²) < 4.78 is 5.32. The van der Waals surface area contributed by atoms with Crippen LogP contribution in [0.4, 0.5) is 11.8 Å². The molecule has 2 aliphatic heterocycles. The summed E-state index contributed by atoms with van der Waals surface area (Å²) in [6, 6.07) is 1.80. The van der Waals surface area contributed by atoms with Crippen molar-refractivity contribution in [1.29, 1.82) is 0 Å². The van der Waals surface area contributed by atoms with E-state index in [1.807, 2.05) is 4.90 Å². The van der Waals surface area contributed by atoms with E-state index >= 15 is 0 Å². The Balaban J connectivity index is 1.66. The number of anilines is 1. The highest BCUT2D eigenvalue weighted by molar-refractivity contribution is 6.31. The lowest BCUT2D eigenvalue weighted by Crippen LogP contribution is -2.36. The number of nitrogens with zero attached hydrogens (tertiary/aromatic N) is 4. The summed E-state index contributed by atoms with van der Waals surface area (Å²) in [5.74, 6) is 1.21. The molecule has 0 bridgehead atoms. The third kappa shape index (κ3) is 2.69. The van der Waals surface area contributed by atoms with Gasteiger partial charge in [0.15, 0.2) is 5.82 Å². The van der Waals surface area contributed by atoms with Gasteiger partial charge in [0, 0.05) is 36.6 Å². The molecule has 4 rings (SSSR count). The molecule has 0 aliphatic carbocycles. The minimum absolute atomic E-state index is 0.0455. The van der Waals surface area contributed by atoms with Crippen LogP contribution in [0.3, 0.4) is 0 Å². The van der Waals surface area contributed by atoms with Gasteiger partial charge in [0.1, 0.15) is 5.69 Å². The molecule has 8 heteroatoms. The molecular formula is C15H14ClN5O2. The van der Waals surface area contributed by atoms with Crippen LogP contribution < -0.4 is 4.90 Å². The third-order valence-corrected chi connectivity index (χ3v) is 3.99. The van der Waals surface area contributed by atoms with Gasteiger partial charge in [-0.15, -0.1) is 0 Å². The van der Waals surface area contributed by atoms with E-state index < -0.39 is 0 Å². The van der Waals surface area contributed by atoms with Crippen molar-refractivity contribution in [1.82, 2.24) is 15.0 Å². The Morgan fingerprint density at radius 2 is 2.17 bits per heavy atom. The van der Waals surface area contributed by atoms with Crippen molar-refractivity contribution < 1.29 is 9.84 Å². The topological polar surface area (TPSA) is 86.6 Å². The average molecular weight is 332 g/mol. The first-order valence-electron chi connectivity index (χ1n) is 7.24. The fourth-order valence-corrected chi connectivity index (χ4v) is 2.77. The Kier molecular flexibility index (Phi) is 3.51. The zero-order valence-corrected chi connectivity index (χ0v) is 12.9. The van der Waals surface area contributed by atoms with Crippen LogP contribution in [0.5, 0.6) is 5.88 Å². The molecule has 23 heavy (non-hydrogen) atoms. The van der Waals surface area contributed by atoms with Crippen LogP contribution in [0.25, 0.3) is 11.6 Å². The van der Waals surface area contributed by atoms with Crippen LogP contribution in [0.2, 0.25) is 5.02 Å². The van der Waals surface area contributed by atoms with E-state index in [4.69, 9.17) is 16.3 Å². The van der Waals surface area contributed by atoms with Gasteiger partial charge in [0.05, 0.1) is 18.2 Å². The third-order valence-electron chi connectivity index (χ3n) is 3.78. The van der Waals surface area contributed by atoms with Gasteiger partial charge < -0.3 is 19.7 Å². The fraction of sp³-hybridized carbons (Fsp3) is 0.267. The molecule has 4 heterocycles. The SMILES string of the molecule is Oc1nc(N2CCOCC2)[nH]c1/C=C1/C=Nc2ncc(Cl)cc21. The van der Waals surface area contributed by atoms with E-state index in [0.29, 0.717) is 35.7 Å². The van der Waals surface area contributed by atoms with Crippen LogP contribution in [0.15, 0.2) is 17.3 Å². The van der Waals surface area contributed by atoms with Crippen LogP contribution in [0, 0.1) is 0 Å². The second kappa shape index (κ2) is 5.68. The number of aromatic amines is 1. The molecule has 0 amide bonds. The number of morpholine rings is 1. The van der Waals surface area contributed by atoms with Crippen LogP contribution in [-0.2, 0) is 4.74 Å². The van der Waals surface area contributed by atoms with E-state index in [9.17, 15) is 5.11 Å². The number of ether oxygens (including phenoxy) is 1. The molecule has 2 aromatic rings. The lowest BCUT2D eigenvalue weighted by molar-refractivity contribution is 0.122. The first-order chi connectivity index (χ1) is 11.2. The zero-order chi connectivity index (χ0) is 15.8. The molecule has 0 unspecified atom stereocenters. The molecule has 7 nitrogen and oxygen atoms in total. The fourth-order valence-electron chi connectivity index (χ4n) is 2.61. The molecule has 2 aromatic heterocycles. The predicted molar refractivity (Wildman–Crippen MR) is 88.6 cm³/mol. The Morgan fingerprint density at radius 3 is 3.00 bits per heavy atom. The number of aromatic nitrogens is 3. The minimum Gasteiger partial charge on any atom is -0.492 e. The number of fused-ring (bicyclic) bond motifs is 1. The molecule has 0 spiro atoms. The van der Waals surface area contributed by atoms with Gasteiger partial charge in [-0.1, -0.05) is 11.6 Å². The number of imidazole rings is 1. The van der Waals surface area contributed by atoms with Gasteiger partial charge in [-0.3, -0.25) is 0 Å². The Morgan fingerprint density at radius 1 is 1.35 bits per heavy atom. The van der Waals surface area contributed by atoms with Crippen molar-refractivity contribution in [3.63, 3.8) is 0 Å². The molecule has 2 aliphatic rings. The Hall–Kier alpha value is -2.38. The molecule has 2 N–H and O–H groups in total. The summed E-state index contributed by atoms with van der Waals surface area (Å²) in [4.78, 5) is 17.8. The predicted octanol–water partition coefficient (Wildman–Crippen LogP) is 2.26. The van der Waals surface area contributed by atoms with E-state index in [1.165, 1.54) is 0 Å².